The number of nitrogens with one attached hydrogen (secondary N) is 1. The van der Waals surface area contributed by atoms with E-state index >= 15 is 0 Å². The Hall–Kier alpha value is -0.690. The van der Waals surface area contributed by atoms with E-state index in [0.29, 0.717) is 13.0 Å². The first-order valence-electron chi connectivity index (χ1n) is 5.68. The molecule has 0 aromatic carbocycles. The van der Waals surface area contributed by atoms with E-state index < -0.39 is 6.04 Å². The molecule has 1 saturated heterocycles. The highest BCUT2D eigenvalue weighted by Gasteiger charge is 2.13. The number of carbonyl (C=O) groups is 1. The zero-order chi connectivity index (χ0) is 11.8. The van der Waals surface area contributed by atoms with Crippen molar-refractivity contribution < 1.29 is 14.6 Å². The predicted octanol–water partition coefficient (Wildman–Crippen LogP) is -1.86. The van der Waals surface area contributed by atoms with E-state index in [9.17, 15) is 4.79 Å². The van der Waals surface area contributed by atoms with Crippen molar-refractivity contribution in [2.45, 2.75) is 12.5 Å². The molecule has 6 nitrogen and oxygen atoms in total. The molecule has 1 aliphatic heterocycles. The number of nitrogens with zero attached hydrogens (tertiary/aromatic N) is 1. The van der Waals surface area contributed by atoms with Gasteiger partial charge >= 0.3 is 0 Å². The molecule has 1 aliphatic rings. The van der Waals surface area contributed by atoms with E-state index in [1.54, 1.807) is 0 Å². The normalized spacial score (nSPS) is 19.4. The van der Waals surface area contributed by atoms with Gasteiger partial charge in [0.25, 0.3) is 0 Å². The quantitative estimate of drug-likeness (QED) is 0.499. The number of hydrogen-bond donors (Lipinski definition) is 3. The summed E-state index contributed by atoms with van der Waals surface area (Å²) >= 11 is 0. The monoisotopic (exact) mass is 231 g/mol. The first-order valence-corrected chi connectivity index (χ1v) is 5.68. The first-order chi connectivity index (χ1) is 7.74. The minimum absolute atomic E-state index is 0.0575. The number of nitrogens with two attached hydrogens (primary N) is 1. The average molecular weight is 231 g/mol. The summed E-state index contributed by atoms with van der Waals surface area (Å²) in [6, 6.07) is -0.602. The van der Waals surface area contributed by atoms with Gasteiger partial charge < -0.3 is 20.9 Å². The number of rotatable bonds is 6. The fourth-order valence-corrected chi connectivity index (χ4v) is 1.56. The Labute approximate surface area is 95.7 Å². The number of ether oxygens (including phenoxy) is 1. The molecule has 0 saturated carbocycles. The van der Waals surface area contributed by atoms with Crippen LogP contribution in [0.15, 0.2) is 0 Å². The third kappa shape index (κ3) is 4.89. The van der Waals surface area contributed by atoms with E-state index in [1.165, 1.54) is 0 Å². The molecule has 94 valence electrons. The standard InChI is InChI=1S/C10H21N3O3/c11-9(1-6-14)10(15)12-2-3-13-4-7-16-8-5-13/h9,14H,1-8,11H2,(H,12,15). The van der Waals surface area contributed by atoms with E-state index in [0.717, 1.165) is 32.8 Å². The molecule has 1 atom stereocenters. The van der Waals surface area contributed by atoms with Crippen LogP contribution in [0.25, 0.3) is 0 Å². The van der Waals surface area contributed by atoms with Crippen molar-refractivity contribution >= 4 is 5.91 Å². The number of hydrogen-bond acceptors (Lipinski definition) is 5. The Balaban J connectivity index is 2.07. The van der Waals surface area contributed by atoms with E-state index in [4.69, 9.17) is 15.6 Å². The Morgan fingerprint density at radius 3 is 2.81 bits per heavy atom. The molecule has 0 spiro atoms. The second-order valence-electron chi connectivity index (χ2n) is 3.86. The van der Waals surface area contributed by atoms with E-state index in [2.05, 4.69) is 10.2 Å². The lowest BCUT2D eigenvalue weighted by atomic mass is 10.2. The molecule has 0 aliphatic carbocycles. The minimum atomic E-state index is -0.602. The molecule has 1 amide bonds. The summed E-state index contributed by atoms with van der Waals surface area (Å²) in [7, 11) is 0. The van der Waals surface area contributed by atoms with Crippen LogP contribution in [0.5, 0.6) is 0 Å². The lowest BCUT2D eigenvalue weighted by molar-refractivity contribution is -0.122. The lowest BCUT2D eigenvalue weighted by Gasteiger charge is -2.26. The van der Waals surface area contributed by atoms with Crippen molar-refractivity contribution in [2.24, 2.45) is 5.73 Å². The van der Waals surface area contributed by atoms with Gasteiger partial charge in [0, 0.05) is 32.8 Å². The van der Waals surface area contributed by atoms with Crippen LogP contribution in [0.3, 0.4) is 0 Å². The summed E-state index contributed by atoms with van der Waals surface area (Å²) < 4.78 is 5.22. The highest BCUT2D eigenvalue weighted by atomic mass is 16.5. The van der Waals surface area contributed by atoms with Crippen molar-refractivity contribution in [3.05, 3.63) is 0 Å². The molecule has 4 N–H and O–H groups in total. The summed E-state index contributed by atoms with van der Waals surface area (Å²) in [5.41, 5.74) is 5.54. The van der Waals surface area contributed by atoms with Crippen LogP contribution < -0.4 is 11.1 Å². The van der Waals surface area contributed by atoms with Gasteiger partial charge in [-0.05, 0) is 6.42 Å². The number of amides is 1. The summed E-state index contributed by atoms with van der Waals surface area (Å²) in [4.78, 5) is 13.6. The fourth-order valence-electron chi connectivity index (χ4n) is 1.56. The molecule has 0 aromatic rings. The summed E-state index contributed by atoms with van der Waals surface area (Å²) in [6.45, 7) is 4.71. The van der Waals surface area contributed by atoms with Crippen LogP contribution in [0, 0.1) is 0 Å². The molecular formula is C10H21N3O3. The summed E-state index contributed by atoms with van der Waals surface area (Å²) in [5.74, 6) is -0.192. The average Bonchev–Trinajstić information content (AvgIpc) is 2.30. The zero-order valence-corrected chi connectivity index (χ0v) is 9.52. The minimum Gasteiger partial charge on any atom is -0.396 e. The van der Waals surface area contributed by atoms with Crippen molar-refractivity contribution in [3.8, 4) is 0 Å². The maximum Gasteiger partial charge on any atom is 0.237 e. The second kappa shape index (κ2) is 7.56. The van der Waals surface area contributed by atoms with Gasteiger partial charge in [-0.15, -0.1) is 0 Å². The molecule has 0 bridgehead atoms. The number of aliphatic hydroxyl groups is 1. The van der Waals surface area contributed by atoms with Crippen LogP contribution >= 0.6 is 0 Å². The van der Waals surface area contributed by atoms with E-state index in [-0.39, 0.29) is 12.5 Å². The number of morpholine rings is 1. The Morgan fingerprint density at radius 1 is 1.50 bits per heavy atom. The second-order valence-corrected chi connectivity index (χ2v) is 3.86. The Bertz CT molecular complexity index is 207. The van der Waals surface area contributed by atoms with Gasteiger partial charge in [-0.2, -0.15) is 0 Å². The van der Waals surface area contributed by atoms with Crippen LogP contribution in [0.4, 0.5) is 0 Å². The van der Waals surface area contributed by atoms with Crippen LogP contribution in [-0.2, 0) is 9.53 Å². The summed E-state index contributed by atoms with van der Waals surface area (Å²) in [5, 5.41) is 11.4. The van der Waals surface area contributed by atoms with Gasteiger partial charge in [0.15, 0.2) is 0 Å². The van der Waals surface area contributed by atoms with Crippen molar-refractivity contribution in [1.29, 1.82) is 0 Å². The van der Waals surface area contributed by atoms with Gasteiger partial charge in [0.2, 0.25) is 5.91 Å². The first kappa shape index (κ1) is 13.4. The number of carbonyl (C=O) groups excluding carboxylic acids is 1. The van der Waals surface area contributed by atoms with Crippen molar-refractivity contribution in [1.82, 2.24) is 10.2 Å². The molecule has 1 rings (SSSR count). The SMILES string of the molecule is NC(CCO)C(=O)NCCN1CCOCC1. The highest BCUT2D eigenvalue weighted by Crippen LogP contribution is 1.95. The maximum absolute atomic E-state index is 11.4. The van der Waals surface area contributed by atoms with Crippen molar-refractivity contribution in [3.63, 3.8) is 0 Å². The molecule has 1 fully saturated rings. The van der Waals surface area contributed by atoms with Crippen molar-refractivity contribution in [2.75, 3.05) is 46.0 Å². The van der Waals surface area contributed by atoms with Crippen LogP contribution in [0.2, 0.25) is 0 Å². The van der Waals surface area contributed by atoms with Crippen LogP contribution in [0.1, 0.15) is 6.42 Å². The zero-order valence-electron chi connectivity index (χ0n) is 9.52. The molecule has 16 heavy (non-hydrogen) atoms. The molecule has 6 heteroatoms. The maximum atomic E-state index is 11.4. The largest absolute Gasteiger partial charge is 0.396 e. The topological polar surface area (TPSA) is 87.8 Å². The van der Waals surface area contributed by atoms with Gasteiger partial charge in [-0.1, -0.05) is 0 Å². The summed E-state index contributed by atoms with van der Waals surface area (Å²) in [6.07, 6.45) is 0.309. The predicted molar refractivity (Wildman–Crippen MR) is 59.9 cm³/mol. The lowest BCUT2D eigenvalue weighted by Crippen LogP contribution is -2.45. The van der Waals surface area contributed by atoms with Gasteiger partial charge in [-0.25, -0.2) is 0 Å². The molecule has 0 aromatic heterocycles. The Kier molecular flexibility index (Phi) is 6.32. The fraction of sp³-hybridized carbons (Fsp3) is 0.900. The third-order valence-corrected chi connectivity index (χ3v) is 2.61. The molecule has 1 heterocycles. The molecule has 0 radical (unpaired) electrons. The smallest absolute Gasteiger partial charge is 0.237 e. The highest BCUT2D eigenvalue weighted by molar-refractivity contribution is 5.81. The molecular weight excluding hydrogens is 210 g/mol. The Morgan fingerprint density at radius 2 is 2.19 bits per heavy atom. The van der Waals surface area contributed by atoms with Gasteiger partial charge in [0.1, 0.15) is 0 Å². The number of aliphatic hydroxyl groups excluding tert-OH is 1. The van der Waals surface area contributed by atoms with Crippen LogP contribution in [-0.4, -0.2) is 68.0 Å². The van der Waals surface area contributed by atoms with Gasteiger partial charge in [0.05, 0.1) is 19.3 Å². The molecule has 1 unspecified atom stereocenters. The van der Waals surface area contributed by atoms with E-state index in [1.807, 2.05) is 0 Å². The third-order valence-electron chi connectivity index (χ3n) is 2.61. The van der Waals surface area contributed by atoms with Gasteiger partial charge in [-0.3, -0.25) is 9.69 Å².